The van der Waals surface area contributed by atoms with Gasteiger partial charge in [0.1, 0.15) is 5.78 Å². The van der Waals surface area contributed by atoms with Gasteiger partial charge in [-0.25, -0.2) is 0 Å². The van der Waals surface area contributed by atoms with Crippen LogP contribution in [0.25, 0.3) is 0 Å². The van der Waals surface area contributed by atoms with Gasteiger partial charge in [0.2, 0.25) is 11.8 Å². The van der Waals surface area contributed by atoms with Gasteiger partial charge in [0.15, 0.2) is 0 Å². The molecule has 1 aliphatic heterocycles. The van der Waals surface area contributed by atoms with E-state index in [9.17, 15) is 14.4 Å². The lowest BCUT2D eigenvalue weighted by Gasteiger charge is -2.30. The van der Waals surface area contributed by atoms with Gasteiger partial charge in [0.05, 0.1) is 5.69 Å². The Bertz CT molecular complexity index is 676. The predicted octanol–water partition coefficient (Wildman–Crippen LogP) is 2.00. The number of likely N-dealkylation sites (tertiary alicyclic amines) is 1. The molecule has 0 spiro atoms. The largest absolute Gasteiger partial charge is 0.299 e. The highest BCUT2D eigenvalue weighted by Gasteiger charge is 2.37. The van der Waals surface area contributed by atoms with E-state index in [1.165, 1.54) is 4.90 Å². The molecule has 1 saturated carbocycles. The van der Waals surface area contributed by atoms with Gasteiger partial charge in [-0.05, 0) is 38.5 Å². The SMILES string of the molecule is CCn1cc(CCC(=O)C2CCC(CN3C(=O)CC(C)C3=O)CC2)nn1. The van der Waals surface area contributed by atoms with E-state index in [1.54, 1.807) is 4.68 Å². The maximum atomic E-state index is 12.5. The lowest BCUT2D eigenvalue weighted by molar-refractivity contribution is -0.140. The summed E-state index contributed by atoms with van der Waals surface area (Å²) in [5.74, 6) is 0.495. The minimum atomic E-state index is -0.175. The van der Waals surface area contributed by atoms with Crippen LogP contribution in [-0.4, -0.2) is 44.0 Å². The monoisotopic (exact) mass is 360 g/mol. The Morgan fingerprint density at radius 1 is 1.23 bits per heavy atom. The Labute approximate surface area is 154 Å². The van der Waals surface area contributed by atoms with E-state index in [0.29, 0.717) is 37.5 Å². The van der Waals surface area contributed by atoms with E-state index < -0.39 is 0 Å². The normalized spacial score (nSPS) is 26.5. The highest BCUT2D eigenvalue weighted by molar-refractivity contribution is 6.03. The number of aromatic nitrogens is 3. The number of Topliss-reactive ketones (excluding diaryl/α,β-unsaturated/α-hetero) is 1. The highest BCUT2D eigenvalue weighted by atomic mass is 16.2. The van der Waals surface area contributed by atoms with E-state index in [1.807, 2.05) is 20.0 Å². The maximum absolute atomic E-state index is 12.5. The first kappa shape index (κ1) is 18.7. The van der Waals surface area contributed by atoms with Crippen LogP contribution in [0, 0.1) is 17.8 Å². The second-order valence-corrected chi connectivity index (χ2v) is 7.70. The molecule has 0 bridgehead atoms. The summed E-state index contributed by atoms with van der Waals surface area (Å²) in [5.41, 5.74) is 0.870. The predicted molar refractivity (Wildman–Crippen MR) is 95.0 cm³/mol. The number of amides is 2. The van der Waals surface area contributed by atoms with Gasteiger partial charge in [-0.3, -0.25) is 24.0 Å². The Hall–Kier alpha value is -2.05. The number of aryl methyl sites for hydroxylation is 2. The van der Waals surface area contributed by atoms with Crippen LogP contribution >= 0.6 is 0 Å². The molecular weight excluding hydrogens is 332 g/mol. The van der Waals surface area contributed by atoms with Gasteiger partial charge in [-0.15, -0.1) is 5.10 Å². The molecular formula is C19H28N4O3. The van der Waals surface area contributed by atoms with Crippen molar-refractivity contribution in [1.29, 1.82) is 0 Å². The van der Waals surface area contributed by atoms with E-state index >= 15 is 0 Å². The molecule has 7 nitrogen and oxygen atoms in total. The van der Waals surface area contributed by atoms with Gasteiger partial charge >= 0.3 is 0 Å². The van der Waals surface area contributed by atoms with Crippen LogP contribution in [0.4, 0.5) is 0 Å². The first-order chi connectivity index (χ1) is 12.5. The van der Waals surface area contributed by atoms with E-state index in [2.05, 4.69) is 10.3 Å². The molecule has 2 heterocycles. The Kier molecular flexibility index (Phi) is 5.84. The zero-order valence-corrected chi connectivity index (χ0v) is 15.7. The fourth-order valence-corrected chi connectivity index (χ4v) is 4.03. The topological polar surface area (TPSA) is 85.2 Å². The Morgan fingerprint density at radius 2 is 1.96 bits per heavy atom. The summed E-state index contributed by atoms with van der Waals surface area (Å²) < 4.78 is 1.77. The van der Waals surface area contributed by atoms with Crippen molar-refractivity contribution in [3.63, 3.8) is 0 Å². The molecule has 1 aromatic heterocycles. The number of nitrogens with zero attached hydrogens (tertiary/aromatic N) is 4. The van der Waals surface area contributed by atoms with Gasteiger partial charge in [0.25, 0.3) is 0 Å². The third-order valence-electron chi connectivity index (χ3n) is 5.75. The molecule has 26 heavy (non-hydrogen) atoms. The summed E-state index contributed by atoms with van der Waals surface area (Å²) in [5, 5.41) is 8.08. The van der Waals surface area contributed by atoms with Gasteiger partial charge in [-0.2, -0.15) is 0 Å². The zero-order valence-electron chi connectivity index (χ0n) is 15.7. The van der Waals surface area contributed by atoms with E-state index in [-0.39, 0.29) is 23.7 Å². The minimum Gasteiger partial charge on any atom is -0.299 e. The van der Waals surface area contributed by atoms with Crippen LogP contribution in [0.15, 0.2) is 6.20 Å². The number of carbonyl (C=O) groups excluding carboxylic acids is 3. The van der Waals surface area contributed by atoms with Crippen molar-refractivity contribution in [3.05, 3.63) is 11.9 Å². The molecule has 1 aliphatic carbocycles. The van der Waals surface area contributed by atoms with Crippen LogP contribution in [0.2, 0.25) is 0 Å². The van der Waals surface area contributed by atoms with Crippen molar-refractivity contribution in [3.8, 4) is 0 Å². The van der Waals surface area contributed by atoms with Crippen LogP contribution < -0.4 is 0 Å². The molecule has 7 heteroatoms. The molecule has 0 aromatic carbocycles. The molecule has 2 aliphatic rings. The summed E-state index contributed by atoms with van der Waals surface area (Å²) in [6.45, 7) is 5.13. The lowest BCUT2D eigenvalue weighted by atomic mass is 9.79. The second-order valence-electron chi connectivity index (χ2n) is 7.70. The van der Waals surface area contributed by atoms with Crippen LogP contribution in [0.1, 0.15) is 58.1 Å². The molecule has 0 radical (unpaired) electrons. The minimum absolute atomic E-state index is 0.0340. The molecule has 1 saturated heterocycles. The van der Waals surface area contributed by atoms with Crippen LogP contribution in [0.3, 0.4) is 0 Å². The van der Waals surface area contributed by atoms with Crippen LogP contribution in [-0.2, 0) is 27.3 Å². The summed E-state index contributed by atoms with van der Waals surface area (Å²) in [4.78, 5) is 37.9. The number of ketones is 1. The number of carbonyl (C=O) groups is 3. The zero-order chi connectivity index (χ0) is 18.7. The average molecular weight is 360 g/mol. The second kappa shape index (κ2) is 8.10. The van der Waals surface area contributed by atoms with Crippen molar-refractivity contribution in [2.75, 3.05) is 6.54 Å². The maximum Gasteiger partial charge on any atom is 0.232 e. The van der Waals surface area contributed by atoms with E-state index in [4.69, 9.17) is 0 Å². The third-order valence-corrected chi connectivity index (χ3v) is 5.75. The van der Waals surface area contributed by atoms with Crippen molar-refractivity contribution in [1.82, 2.24) is 19.9 Å². The molecule has 1 atom stereocenters. The van der Waals surface area contributed by atoms with Crippen molar-refractivity contribution in [2.45, 2.75) is 65.3 Å². The third kappa shape index (κ3) is 4.19. The number of hydrogen-bond acceptors (Lipinski definition) is 5. The lowest BCUT2D eigenvalue weighted by Crippen LogP contribution is -2.36. The molecule has 1 aromatic rings. The van der Waals surface area contributed by atoms with Crippen molar-refractivity contribution < 1.29 is 14.4 Å². The quantitative estimate of drug-likeness (QED) is 0.694. The highest BCUT2D eigenvalue weighted by Crippen LogP contribution is 2.32. The molecule has 142 valence electrons. The standard InChI is InChI=1S/C19H28N4O3/c1-3-22-12-16(20-21-22)8-9-17(24)15-6-4-14(5-7-15)11-23-18(25)10-13(2)19(23)26/h12-15H,3-11H2,1-2H3. The first-order valence-electron chi connectivity index (χ1n) is 9.73. The summed E-state index contributed by atoms with van der Waals surface area (Å²) in [7, 11) is 0. The smallest absolute Gasteiger partial charge is 0.232 e. The molecule has 0 N–H and O–H groups in total. The Morgan fingerprint density at radius 3 is 2.54 bits per heavy atom. The number of rotatable bonds is 7. The number of hydrogen-bond donors (Lipinski definition) is 0. The van der Waals surface area contributed by atoms with Crippen molar-refractivity contribution in [2.24, 2.45) is 17.8 Å². The molecule has 1 unspecified atom stereocenters. The van der Waals surface area contributed by atoms with Gasteiger partial charge in [-0.1, -0.05) is 12.1 Å². The molecule has 2 amide bonds. The molecule has 3 rings (SSSR count). The number of imide groups is 1. The summed E-state index contributed by atoms with van der Waals surface area (Å²) in [6.07, 6.45) is 6.94. The fourth-order valence-electron chi connectivity index (χ4n) is 4.03. The summed E-state index contributed by atoms with van der Waals surface area (Å²) in [6, 6.07) is 0. The summed E-state index contributed by atoms with van der Waals surface area (Å²) >= 11 is 0. The van der Waals surface area contributed by atoms with E-state index in [0.717, 1.165) is 37.9 Å². The van der Waals surface area contributed by atoms with Crippen LogP contribution in [0.5, 0.6) is 0 Å². The van der Waals surface area contributed by atoms with Crippen molar-refractivity contribution >= 4 is 17.6 Å². The van der Waals surface area contributed by atoms with Gasteiger partial charge in [0, 0.05) is 50.4 Å². The average Bonchev–Trinajstić information content (AvgIpc) is 3.20. The van der Waals surface area contributed by atoms with Gasteiger partial charge < -0.3 is 0 Å². The Balaban J connectivity index is 1.42. The fraction of sp³-hybridized carbons (Fsp3) is 0.737. The molecule has 2 fully saturated rings. The first-order valence-corrected chi connectivity index (χ1v) is 9.73.